The Kier molecular flexibility index (Phi) is 3.75. The molecular weight excluding hydrogens is 298 g/mol. The molecule has 2 heterocycles. The molecule has 122 valence electrons. The van der Waals surface area contributed by atoms with Crippen LogP contribution >= 0.6 is 0 Å². The van der Waals surface area contributed by atoms with Gasteiger partial charge in [-0.05, 0) is 23.8 Å². The summed E-state index contributed by atoms with van der Waals surface area (Å²) >= 11 is 0. The van der Waals surface area contributed by atoms with Gasteiger partial charge in [0, 0.05) is 5.41 Å². The molecule has 0 spiro atoms. The van der Waals surface area contributed by atoms with E-state index >= 15 is 0 Å². The molecular formula is C17H19NO5. The van der Waals surface area contributed by atoms with Crippen molar-refractivity contribution >= 4 is 17.9 Å². The van der Waals surface area contributed by atoms with Gasteiger partial charge in [-0.2, -0.15) is 0 Å². The summed E-state index contributed by atoms with van der Waals surface area (Å²) in [6.07, 6.45) is 1.65. The van der Waals surface area contributed by atoms with Crippen LogP contribution in [-0.2, 0) is 9.53 Å². The molecule has 0 N–H and O–H groups in total. The highest BCUT2D eigenvalue weighted by Crippen LogP contribution is 2.41. The zero-order valence-electron chi connectivity index (χ0n) is 13.6. The van der Waals surface area contributed by atoms with Crippen LogP contribution in [0.4, 0.5) is 0 Å². The number of carbonyl (C=O) groups is 1. The number of ether oxygens (including phenoxy) is 4. The molecule has 1 aromatic rings. The van der Waals surface area contributed by atoms with Crippen LogP contribution < -0.4 is 14.2 Å². The number of hydrogen-bond donors (Lipinski definition) is 0. The summed E-state index contributed by atoms with van der Waals surface area (Å²) in [6, 6.07) is 3.57. The predicted molar refractivity (Wildman–Crippen MR) is 84.9 cm³/mol. The van der Waals surface area contributed by atoms with Crippen molar-refractivity contribution in [3.8, 4) is 17.2 Å². The highest BCUT2D eigenvalue weighted by Gasteiger charge is 2.31. The average molecular weight is 317 g/mol. The molecule has 0 fully saturated rings. The fourth-order valence-electron chi connectivity index (χ4n) is 2.26. The van der Waals surface area contributed by atoms with Crippen LogP contribution in [0, 0.1) is 5.41 Å². The van der Waals surface area contributed by atoms with Crippen molar-refractivity contribution in [1.29, 1.82) is 0 Å². The van der Waals surface area contributed by atoms with Crippen LogP contribution in [0.25, 0.3) is 6.08 Å². The van der Waals surface area contributed by atoms with Crippen molar-refractivity contribution < 1.29 is 23.7 Å². The Bertz CT molecular complexity index is 695. The molecule has 0 aliphatic carbocycles. The first-order valence-corrected chi connectivity index (χ1v) is 7.39. The highest BCUT2D eigenvalue weighted by atomic mass is 16.6. The zero-order valence-corrected chi connectivity index (χ0v) is 13.6. The molecule has 23 heavy (non-hydrogen) atoms. The average Bonchev–Trinajstić information content (AvgIpc) is 2.87. The van der Waals surface area contributed by atoms with Crippen molar-refractivity contribution in [2.24, 2.45) is 10.4 Å². The van der Waals surface area contributed by atoms with E-state index in [1.165, 1.54) is 0 Å². The monoisotopic (exact) mass is 317 g/mol. The minimum Gasteiger partial charge on any atom is -0.493 e. The summed E-state index contributed by atoms with van der Waals surface area (Å²) in [7, 11) is 1.56. The van der Waals surface area contributed by atoms with Crippen LogP contribution in [0.5, 0.6) is 17.2 Å². The number of nitrogens with zero attached hydrogens (tertiary/aromatic N) is 1. The molecule has 0 unspecified atom stereocenters. The maximum Gasteiger partial charge on any atom is 0.363 e. The van der Waals surface area contributed by atoms with Crippen LogP contribution in [0.3, 0.4) is 0 Å². The number of esters is 1. The van der Waals surface area contributed by atoms with Gasteiger partial charge >= 0.3 is 5.97 Å². The van der Waals surface area contributed by atoms with Crippen molar-refractivity contribution in [2.75, 3.05) is 20.3 Å². The van der Waals surface area contributed by atoms with E-state index < -0.39 is 5.97 Å². The van der Waals surface area contributed by atoms with E-state index in [1.807, 2.05) is 20.8 Å². The predicted octanol–water partition coefficient (Wildman–Crippen LogP) is 2.81. The first kappa shape index (κ1) is 15.4. The Morgan fingerprint density at radius 1 is 1.22 bits per heavy atom. The van der Waals surface area contributed by atoms with E-state index in [9.17, 15) is 4.79 Å². The van der Waals surface area contributed by atoms with E-state index in [1.54, 1.807) is 25.3 Å². The van der Waals surface area contributed by atoms with Gasteiger partial charge in [0.05, 0.1) is 7.11 Å². The topological polar surface area (TPSA) is 66.4 Å². The van der Waals surface area contributed by atoms with Crippen LogP contribution in [0.2, 0.25) is 0 Å². The van der Waals surface area contributed by atoms with E-state index in [4.69, 9.17) is 18.9 Å². The normalized spacial score (nSPS) is 18.7. The van der Waals surface area contributed by atoms with Crippen LogP contribution in [0.1, 0.15) is 26.3 Å². The van der Waals surface area contributed by atoms with E-state index in [0.717, 1.165) is 5.56 Å². The third kappa shape index (κ3) is 3.02. The van der Waals surface area contributed by atoms with Gasteiger partial charge < -0.3 is 18.9 Å². The second-order valence-electron chi connectivity index (χ2n) is 6.33. The summed E-state index contributed by atoms with van der Waals surface area (Å²) in [5, 5.41) is 0. The largest absolute Gasteiger partial charge is 0.493 e. The highest BCUT2D eigenvalue weighted by molar-refractivity contribution is 6.08. The van der Waals surface area contributed by atoms with Crippen molar-refractivity contribution in [2.45, 2.75) is 20.8 Å². The van der Waals surface area contributed by atoms with Gasteiger partial charge in [0.25, 0.3) is 0 Å². The third-order valence-electron chi connectivity index (χ3n) is 3.42. The maximum atomic E-state index is 12.0. The van der Waals surface area contributed by atoms with E-state index in [2.05, 4.69) is 4.99 Å². The first-order chi connectivity index (χ1) is 10.9. The Morgan fingerprint density at radius 3 is 2.61 bits per heavy atom. The van der Waals surface area contributed by atoms with Crippen molar-refractivity contribution in [3.63, 3.8) is 0 Å². The molecule has 6 nitrogen and oxygen atoms in total. The van der Waals surface area contributed by atoms with Gasteiger partial charge in [0.2, 0.25) is 11.6 Å². The zero-order chi connectivity index (χ0) is 16.6. The summed E-state index contributed by atoms with van der Waals surface area (Å²) in [4.78, 5) is 16.3. The maximum absolute atomic E-state index is 12.0. The third-order valence-corrected chi connectivity index (χ3v) is 3.42. The van der Waals surface area contributed by atoms with Gasteiger partial charge in [-0.25, -0.2) is 9.79 Å². The SMILES string of the molecule is COc1cc(/C=C2\N=C(C(C)(C)C)OC2=O)cc2c1OCCO2. The quantitative estimate of drug-likeness (QED) is 0.620. The molecule has 6 heteroatoms. The Balaban J connectivity index is 1.99. The number of benzene rings is 1. The summed E-state index contributed by atoms with van der Waals surface area (Å²) < 4.78 is 21.7. The Labute approximate surface area is 134 Å². The lowest BCUT2D eigenvalue weighted by molar-refractivity contribution is -0.130. The molecule has 0 amide bonds. The number of fused-ring (bicyclic) bond motifs is 1. The van der Waals surface area contributed by atoms with Gasteiger partial charge in [0.1, 0.15) is 13.2 Å². The number of carbonyl (C=O) groups excluding carboxylic acids is 1. The lowest BCUT2D eigenvalue weighted by Crippen LogP contribution is -2.21. The Hall–Kier alpha value is -2.50. The molecule has 3 rings (SSSR count). The lowest BCUT2D eigenvalue weighted by atomic mass is 9.97. The molecule has 0 saturated carbocycles. The summed E-state index contributed by atoms with van der Waals surface area (Å²) in [6.45, 7) is 6.78. The second-order valence-corrected chi connectivity index (χ2v) is 6.33. The first-order valence-electron chi connectivity index (χ1n) is 7.39. The minimum atomic E-state index is -0.455. The molecule has 0 saturated heterocycles. The van der Waals surface area contributed by atoms with E-state index in [-0.39, 0.29) is 11.1 Å². The van der Waals surface area contributed by atoms with Crippen molar-refractivity contribution in [3.05, 3.63) is 23.4 Å². The standard InChI is InChI=1S/C17H19NO5/c1-17(2,3)16-18-11(15(19)23-16)7-10-8-12(20-4)14-13(9-10)21-5-6-22-14/h7-9H,5-6H2,1-4H3/b11-7-. The molecule has 0 bridgehead atoms. The fraction of sp³-hybridized carbons (Fsp3) is 0.412. The fourth-order valence-corrected chi connectivity index (χ4v) is 2.26. The number of cyclic esters (lactones) is 1. The molecule has 0 atom stereocenters. The summed E-state index contributed by atoms with van der Waals surface area (Å²) in [5.41, 5.74) is 0.668. The smallest absolute Gasteiger partial charge is 0.363 e. The van der Waals surface area contributed by atoms with Gasteiger partial charge in [-0.1, -0.05) is 20.8 Å². The number of hydrogen-bond acceptors (Lipinski definition) is 6. The molecule has 1 aromatic carbocycles. The van der Waals surface area contributed by atoms with Gasteiger partial charge in [-0.3, -0.25) is 0 Å². The van der Waals surface area contributed by atoms with Crippen LogP contribution in [0.15, 0.2) is 22.8 Å². The number of methoxy groups -OCH3 is 1. The number of aliphatic imine (C=N–C) groups is 1. The number of rotatable bonds is 2. The molecule has 0 radical (unpaired) electrons. The van der Waals surface area contributed by atoms with E-state index in [0.29, 0.717) is 36.4 Å². The molecule has 2 aliphatic rings. The van der Waals surface area contributed by atoms with Crippen LogP contribution in [-0.4, -0.2) is 32.2 Å². The summed E-state index contributed by atoms with van der Waals surface area (Å²) in [5.74, 6) is 1.69. The second kappa shape index (κ2) is 5.61. The van der Waals surface area contributed by atoms with Crippen molar-refractivity contribution in [1.82, 2.24) is 0 Å². The lowest BCUT2D eigenvalue weighted by Gasteiger charge is -2.20. The van der Waals surface area contributed by atoms with Gasteiger partial charge in [-0.15, -0.1) is 0 Å². The minimum absolute atomic E-state index is 0.258. The molecule has 2 aliphatic heterocycles. The van der Waals surface area contributed by atoms with Gasteiger partial charge in [0.15, 0.2) is 17.2 Å². The Morgan fingerprint density at radius 2 is 1.96 bits per heavy atom. The molecule has 0 aromatic heterocycles.